The number of nitrogens with one attached hydrogen (secondary N) is 3. The Morgan fingerprint density at radius 3 is 2.55 bits per heavy atom. The zero-order valence-electron chi connectivity index (χ0n) is 15.8. The average Bonchev–Trinajstić information content (AvgIpc) is 3.25. The van der Waals surface area contributed by atoms with Gasteiger partial charge in [-0.05, 0) is 42.8 Å². The first-order valence-corrected chi connectivity index (χ1v) is 10.7. The lowest BCUT2D eigenvalue weighted by atomic mass is 10.1. The lowest BCUT2D eigenvalue weighted by molar-refractivity contribution is 0.106. The minimum atomic E-state index is -3.59. The second kappa shape index (κ2) is 10.1. The minimum absolute atomic E-state index is 0.183. The van der Waals surface area contributed by atoms with Gasteiger partial charge in [-0.3, -0.25) is 9.82 Å². The van der Waals surface area contributed by atoms with Crippen LogP contribution in [0, 0.1) is 0 Å². The van der Waals surface area contributed by atoms with E-state index in [2.05, 4.69) is 20.2 Å². The molecular weight excluding hydrogens is 392 g/mol. The minimum Gasteiger partial charge on any atom is -0.488 e. The van der Waals surface area contributed by atoms with E-state index in [0.29, 0.717) is 24.5 Å². The third kappa shape index (κ3) is 6.60. The molecule has 0 spiro atoms. The topological polar surface area (TPSA) is 116 Å². The molecule has 3 rings (SSSR count). The third-order valence-electron chi connectivity index (χ3n) is 4.15. The predicted octanol–water partition coefficient (Wildman–Crippen LogP) is 1.78. The van der Waals surface area contributed by atoms with Crippen molar-refractivity contribution in [3.05, 3.63) is 72.6 Å². The van der Waals surface area contributed by atoms with Crippen LogP contribution in [0.4, 0.5) is 5.69 Å². The number of aliphatic hydroxyl groups is 1. The number of nitrogens with zero attached hydrogens (tertiary/aromatic N) is 1. The molecule has 0 saturated carbocycles. The molecule has 4 N–H and O–H groups in total. The molecule has 0 aliphatic heterocycles. The summed E-state index contributed by atoms with van der Waals surface area (Å²) in [7, 11) is -3.59. The fourth-order valence-electron chi connectivity index (χ4n) is 2.62. The SMILES string of the molecule is O=S(=O)(Nc1ccc(CCNCC(O)COc2cn[nH]c2)cc1)c1ccccc1. The quantitative estimate of drug-likeness (QED) is 0.354. The van der Waals surface area contributed by atoms with E-state index in [-0.39, 0.29) is 11.5 Å². The van der Waals surface area contributed by atoms with Crippen molar-refractivity contribution in [2.24, 2.45) is 0 Å². The third-order valence-corrected chi connectivity index (χ3v) is 5.54. The van der Waals surface area contributed by atoms with Crippen LogP contribution in [0.5, 0.6) is 5.75 Å². The second-order valence-corrected chi connectivity index (χ2v) is 8.15. The van der Waals surface area contributed by atoms with Crippen LogP contribution in [-0.2, 0) is 16.4 Å². The maximum absolute atomic E-state index is 12.3. The summed E-state index contributed by atoms with van der Waals surface area (Å²) in [6.07, 6.45) is 3.29. The predicted molar refractivity (Wildman–Crippen MR) is 110 cm³/mol. The van der Waals surface area contributed by atoms with Crippen molar-refractivity contribution >= 4 is 15.7 Å². The Kier molecular flexibility index (Phi) is 7.23. The zero-order chi connectivity index (χ0) is 20.5. The van der Waals surface area contributed by atoms with Crippen molar-refractivity contribution in [1.82, 2.24) is 15.5 Å². The summed E-state index contributed by atoms with van der Waals surface area (Å²) in [4.78, 5) is 0.226. The Bertz CT molecular complexity index is 961. The van der Waals surface area contributed by atoms with E-state index in [1.54, 1.807) is 54.9 Å². The Labute approximate surface area is 170 Å². The normalized spacial score (nSPS) is 12.4. The molecule has 0 aliphatic rings. The van der Waals surface area contributed by atoms with Crippen molar-refractivity contribution in [3.8, 4) is 5.75 Å². The Balaban J connectivity index is 1.39. The molecule has 2 aromatic carbocycles. The highest BCUT2D eigenvalue weighted by Crippen LogP contribution is 2.16. The van der Waals surface area contributed by atoms with Gasteiger partial charge in [0.25, 0.3) is 10.0 Å². The molecule has 154 valence electrons. The molecule has 0 aliphatic carbocycles. The molecule has 1 atom stereocenters. The summed E-state index contributed by atoms with van der Waals surface area (Å²) in [5.74, 6) is 0.590. The van der Waals surface area contributed by atoms with E-state index in [0.717, 1.165) is 12.0 Å². The van der Waals surface area contributed by atoms with Gasteiger partial charge in [0.1, 0.15) is 12.7 Å². The van der Waals surface area contributed by atoms with Crippen molar-refractivity contribution < 1.29 is 18.3 Å². The van der Waals surface area contributed by atoms with Gasteiger partial charge in [0.2, 0.25) is 0 Å². The van der Waals surface area contributed by atoms with Crippen molar-refractivity contribution in [1.29, 1.82) is 0 Å². The highest BCUT2D eigenvalue weighted by Gasteiger charge is 2.13. The maximum Gasteiger partial charge on any atom is 0.261 e. The van der Waals surface area contributed by atoms with Gasteiger partial charge in [0.15, 0.2) is 5.75 Å². The van der Waals surface area contributed by atoms with E-state index in [9.17, 15) is 13.5 Å². The Morgan fingerprint density at radius 2 is 1.86 bits per heavy atom. The summed E-state index contributed by atoms with van der Waals surface area (Å²) in [5, 5.41) is 19.5. The number of benzene rings is 2. The lowest BCUT2D eigenvalue weighted by Crippen LogP contribution is -2.32. The number of ether oxygens (including phenoxy) is 1. The number of hydrogen-bond donors (Lipinski definition) is 4. The highest BCUT2D eigenvalue weighted by molar-refractivity contribution is 7.92. The van der Waals surface area contributed by atoms with E-state index in [1.807, 2.05) is 12.1 Å². The van der Waals surface area contributed by atoms with Gasteiger partial charge in [-0.25, -0.2) is 8.42 Å². The number of hydrogen-bond acceptors (Lipinski definition) is 6. The smallest absolute Gasteiger partial charge is 0.261 e. The Morgan fingerprint density at radius 1 is 1.10 bits per heavy atom. The van der Waals surface area contributed by atoms with Gasteiger partial charge >= 0.3 is 0 Å². The number of aliphatic hydroxyl groups excluding tert-OH is 1. The lowest BCUT2D eigenvalue weighted by Gasteiger charge is -2.12. The molecule has 1 unspecified atom stereocenters. The van der Waals surface area contributed by atoms with Gasteiger partial charge in [-0.1, -0.05) is 30.3 Å². The summed E-state index contributed by atoms with van der Waals surface area (Å²) in [6, 6.07) is 15.5. The van der Waals surface area contributed by atoms with Crippen LogP contribution in [-0.4, -0.2) is 49.5 Å². The van der Waals surface area contributed by atoms with Crippen LogP contribution in [0.15, 0.2) is 71.9 Å². The van der Waals surface area contributed by atoms with Gasteiger partial charge in [-0.2, -0.15) is 5.10 Å². The molecule has 9 heteroatoms. The zero-order valence-corrected chi connectivity index (χ0v) is 16.6. The molecule has 0 radical (unpaired) electrons. The largest absolute Gasteiger partial charge is 0.488 e. The molecule has 1 heterocycles. The first-order valence-electron chi connectivity index (χ1n) is 9.20. The summed E-state index contributed by atoms with van der Waals surface area (Å²) < 4.78 is 32.6. The van der Waals surface area contributed by atoms with Gasteiger partial charge in [0.05, 0.1) is 17.3 Å². The molecule has 0 saturated heterocycles. The maximum atomic E-state index is 12.3. The number of aromatic amines is 1. The summed E-state index contributed by atoms with van der Waals surface area (Å²) >= 11 is 0. The standard InChI is InChI=1S/C20H24N4O4S/c25-18(15-28-19-13-22-23-14-19)12-21-11-10-16-6-8-17(9-7-16)24-29(26,27)20-4-2-1-3-5-20/h1-9,13-14,18,21,24-25H,10-12,15H2,(H,22,23). The average molecular weight is 417 g/mol. The molecule has 0 amide bonds. The molecule has 29 heavy (non-hydrogen) atoms. The van der Waals surface area contributed by atoms with Gasteiger partial charge < -0.3 is 15.2 Å². The first kappa shape index (κ1) is 20.8. The number of anilines is 1. The number of H-pyrrole nitrogens is 1. The van der Waals surface area contributed by atoms with Crippen LogP contribution in [0.25, 0.3) is 0 Å². The molecule has 8 nitrogen and oxygen atoms in total. The molecular formula is C20H24N4O4S. The molecule has 1 aromatic heterocycles. The van der Waals surface area contributed by atoms with E-state index >= 15 is 0 Å². The molecule has 3 aromatic rings. The van der Waals surface area contributed by atoms with Gasteiger partial charge in [0, 0.05) is 12.2 Å². The van der Waals surface area contributed by atoms with E-state index in [1.165, 1.54) is 0 Å². The summed E-state index contributed by atoms with van der Waals surface area (Å²) in [6.45, 7) is 1.27. The van der Waals surface area contributed by atoms with E-state index < -0.39 is 16.1 Å². The molecule has 0 bridgehead atoms. The van der Waals surface area contributed by atoms with E-state index in [4.69, 9.17) is 4.74 Å². The number of aromatic nitrogens is 2. The fraction of sp³-hybridized carbons (Fsp3) is 0.250. The first-order chi connectivity index (χ1) is 14.0. The van der Waals surface area contributed by atoms with Crippen LogP contribution in [0.2, 0.25) is 0 Å². The number of rotatable bonds is 11. The van der Waals surface area contributed by atoms with Crippen LogP contribution in [0.3, 0.4) is 0 Å². The van der Waals surface area contributed by atoms with Crippen molar-refractivity contribution in [2.75, 3.05) is 24.4 Å². The Hall–Kier alpha value is -2.88. The van der Waals surface area contributed by atoms with Crippen LogP contribution < -0.4 is 14.8 Å². The van der Waals surface area contributed by atoms with Crippen LogP contribution in [0.1, 0.15) is 5.56 Å². The van der Waals surface area contributed by atoms with Crippen molar-refractivity contribution in [3.63, 3.8) is 0 Å². The highest BCUT2D eigenvalue weighted by atomic mass is 32.2. The van der Waals surface area contributed by atoms with Crippen molar-refractivity contribution in [2.45, 2.75) is 17.4 Å². The summed E-state index contributed by atoms with van der Waals surface area (Å²) in [5.41, 5.74) is 1.57. The fourth-order valence-corrected chi connectivity index (χ4v) is 3.70. The number of sulfonamides is 1. The monoisotopic (exact) mass is 416 g/mol. The van der Waals surface area contributed by atoms with Crippen LogP contribution >= 0.6 is 0 Å². The second-order valence-electron chi connectivity index (χ2n) is 6.47. The van der Waals surface area contributed by atoms with Gasteiger partial charge in [-0.15, -0.1) is 0 Å². The molecule has 0 fully saturated rings.